The number of nitrogens with one attached hydrogen (secondary N) is 1. The van der Waals surface area contributed by atoms with Gasteiger partial charge < -0.3 is 4.74 Å². The fourth-order valence-corrected chi connectivity index (χ4v) is 3.64. The van der Waals surface area contributed by atoms with Crippen LogP contribution < -0.4 is 5.32 Å². The van der Waals surface area contributed by atoms with Gasteiger partial charge in [-0.05, 0) is 12.5 Å². The highest BCUT2D eigenvalue weighted by atomic mass is 32.2. The Kier molecular flexibility index (Phi) is 5.85. The molecule has 2 N–H and O–H groups in total. The molecule has 0 saturated carbocycles. The Balaban J connectivity index is 2.13. The molecule has 1 aromatic carbocycles. The monoisotopic (exact) mass is 297 g/mol. The lowest BCUT2D eigenvalue weighted by atomic mass is 9.98. The molecule has 3 atom stereocenters. The van der Waals surface area contributed by atoms with Crippen LogP contribution in [0.2, 0.25) is 0 Å². The summed E-state index contributed by atoms with van der Waals surface area (Å²) in [6, 6.07) is 9.64. The number of rotatable bonds is 6. The van der Waals surface area contributed by atoms with E-state index >= 15 is 0 Å². The molecule has 0 amide bonds. The molecular formula is C14H19NO4S. The summed E-state index contributed by atoms with van der Waals surface area (Å²) < 4.78 is 5.19. The molecule has 110 valence electrons. The average Bonchev–Trinajstić information content (AvgIpc) is 2.89. The maximum atomic E-state index is 12.2. The van der Waals surface area contributed by atoms with Gasteiger partial charge in [-0.15, -0.1) is 11.8 Å². The van der Waals surface area contributed by atoms with Crippen LogP contribution in [-0.4, -0.2) is 41.6 Å². The highest BCUT2D eigenvalue weighted by Crippen LogP contribution is 2.33. The molecule has 0 aliphatic carbocycles. The molecule has 6 heteroatoms. The van der Waals surface area contributed by atoms with Crippen molar-refractivity contribution in [3.8, 4) is 0 Å². The van der Waals surface area contributed by atoms with Gasteiger partial charge in [-0.2, -0.15) is 0 Å². The SMILES string of the molecule is CCOC(=O)[C@H](c1ccccc1)[C@H]1N[C@@H](COO)CS1. The summed E-state index contributed by atoms with van der Waals surface area (Å²) in [5, 5.41) is 11.8. The molecule has 1 aliphatic heterocycles. The van der Waals surface area contributed by atoms with E-state index in [9.17, 15) is 4.79 Å². The second kappa shape index (κ2) is 7.64. The minimum atomic E-state index is -0.357. The number of esters is 1. The number of benzene rings is 1. The highest BCUT2D eigenvalue weighted by molar-refractivity contribution is 8.00. The Morgan fingerprint density at radius 2 is 2.25 bits per heavy atom. The van der Waals surface area contributed by atoms with Crippen LogP contribution >= 0.6 is 11.8 Å². The first kappa shape index (κ1) is 15.3. The van der Waals surface area contributed by atoms with E-state index in [2.05, 4.69) is 10.2 Å². The molecule has 20 heavy (non-hydrogen) atoms. The minimum Gasteiger partial charge on any atom is -0.465 e. The van der Waals surface area contributed by atoms with Crippen molar-refractivity contribution in [1.29, 1.82) is 0 Å². The Labute approximate surface area is 122 Å². The van der Waals surface area contributed by atoms with Crippen LogP contribution in [0.4, 0.5) is 0 Å². The Morgan fingerprint density at radius 1 is 1.50 bits per heavy atom. The van der Waals surface area contributed by atoms with Crippen LogP contribution in [0.15, 0.2) is 30.3 Å². The zero-order valence-electron chi connectivity index (χ0n) is 11.3. The summed E-state index contributed by atoms with van der Waals surface area (Å²) in [5.41, 5.74) is 0.932. The Hall–Kier alpha value is -1.08. The number of thioether (sulfide) groups is 1. The van der Waals surface area contributed by atoms with E-state index in [-0.39, 0.29) is 29.9 Å². The van der Waals surface area contributed by atoms with Gasteiger partial charge in [0.25, 0.3) is 0 Å². The van der Waals surface area contributed by atoms with Gasteiger partial charge in [-0.25, -0.2) is 4.89 Å². The lowest BCUT2D eigenvalue weighted by molar-refractivity contribution is -0.245. The van der Waals surface area contributed by atoms with E-state index in [1.807, 2.05) is 30.3 Å². The van der Waals surface area contributed by atoms with Gasteiger partial charge in [0, 0.05) is 11.8 Å². The average molecular weight is 297 g/mol. The van der Waals surface area contributed by atoms with Crippen molar-refractivity contribution in [1.82, 2.24) is 5.32 Å². The summed E-state index contributed by atoms with van der Waals surface area (Å²) in [4.78, 5) is 16.4. The van der Waals surface area contributed by atoms with Crippen molar-refractivity contribution < 1.29 is 19.7 Å². The number of carbonyl (C=O) groups is 1. The van der Waals surface area contributed by atoms with E-state index in [0.29, 0.717) is 6.61 Å². The van der Waals surface area contributed by atoms with Crippen LogP contribution in [-0.2, 0) is 14.4 Å². The summed E-state index contributed by atoms with van der Waals surface area (Å²) in [6.45, 7) is 2.38. The number of hydrogen-bond donors (Lipinski definition) is 2. The maximum absolute atomic E-state index is 12.2. The van der Waals surface area contributed by atoms with Gasteiger partial charge in [-0.3, -0.25) is 15.4 Å². The second-order valence-electron chi connectivity index (χ2n) is 4.55. The van der Waals surface area contributed by atoms with E-state index in [1.54, 1.807) is 18.7 Å². The van der Waals surface area contributed by atoms with Crippen LogP contribution in [0.3, 0.4) is 0 Å². The fourth-order valence-electron chi connectivity index (χ4n) is 2.25. The molecule has 1 fully saturated rings. The molecule has 1 saturated heterocycles. The van der Waals surface area contributed by atoms with Crippen LogP contribution in [0.5, 0.6) is 0 Å². The summed E-state index contributed by atoms with van der Waals surface area (Å²) in [5.74, 6) is 0.202. The van der Waals surface area contributed by atoms with Gasteiger partial charge in [0.15, 0.2) is 0 Å². The Morgan fingerprint density at radius 3 is 2.90 bits per heavy atom. The van der Waals surface area contributed by atoms with E-state index < -0.39 is 0 Å². The summed E-state index contributed by atoms with van der Waals surface area (Å²) >= 11 is 1.64. The molecule has 0 radical (unpaired) electrons. The van der Waals surface area contributed by atoms with Gasteiger partial charge in [0.05, 0.1) is 18.6 Å². The molecule has 1 aromatic rings. The van der Waals surface area contributed by atoms with Crippen molar-refractivity contribution in [3.63, 3.8) is 0 Å². The van der Waals surface area contributed by atoms with Crippen LogP contribution in [0.25, 0.3) is 0 Å². The van der Waals surface area contributed by atoms with E-state index in [4.69, 9.17) is 9.99 Å². The predicted molar refractivity (Wildman–Crippen MR) is 77.6 cm³/mol. The first-order valence-corrected chi connectivity index (χ1v) is 7.66. The topological polar surface area (TPSA) is 67.8 Å². The standard InChI is InChI=1S/C14H19NO4S/c1-2-18-14(16)12(10-6-4-3-5-7-10)13-15-11(8-19-17)9-20-13/h3-7,11-13,15,17H,2,8-9H2,1H3/t11-,12+,13-/m0/s1. The third-order valence-corrected chi connectivity index (χ3v) is 4.52. The quantitative estimate of drug-likeness (QED) is 0.474. The smallest absolute Gasteiger partial charge is 0.315 e. The van der Waals surface area contributed by atoms with Crippen molar-refractivity contribution in [2.75, 3.05) is 19.0 Å². The lowest BCUT2D eigenvalue weighted by Crippen LogP contribution is -2.39. The fraction of sp³-hybridized carbons (Fsp3) is 0.500. The molecular weight excluding hydrogens is 278 g/mol. The normalized spacial score (nSPS) is 23.5. The predicted octanol–water partition coefficient (Wildman–Crippen LogP) is 1.85. The van der Waals surface area contributed by atoms with Crippen molar-refractivity contribution in [3.05, 3.63) is 35.9 Å². The molecule has 0 aromatic heterocycles. The molecule has 1 aliphatic rings. The summed E-state index contributed by atoms with van der Waals surface area (Å²) in [7, 11) is 0. The van der Waals surface area contributed by atoms with Crippen LogP contribution in [0, 0.1) is 0 Å². The van der Waals surface area contributed by atoms with Crippen molar-refractivity contribution >= 4 is 17.7 Å². The first-order chi connectivity index (χ1) is 9.76. The van der Waals surface area contributed by atoms with Gasteiger partial charge in [0.2, 0.25) is 0 Å². The van der Waals surface area contributed by atoms with E-state index in [1.165, 1.54) is 0 Å². The first-order valence-electron chi connectivity index (χ1n) is 6.61. The van der Waals surface area contributed by atoms with Gasteiger partial charge >= 0.3 is 5.97 Å². The zero-order chi connectivity index (χ0) is 14.4. The molecule has 1 heterocycles. The van der Waals surface area contributed by atoms with Crippen molar-refractivity contribution in [2.45, 2.75) is 24.3 Å². The van der Waals surface area contributed by atoms with Gasteiger partial charge in [-0.1, -0.05) is 30.3 Å². The van der Waals surface area contributed by atoms with Crippen LogP contribution in [0.1, 0.15) is 18.4 Å². The Bertz CT molecular complexity index is 428. The number of hydrogen-bond acceptors (Lipinski definition) is 6. The molecule has 5 nitrogen and oxygen atoms in total. The highest BCUT2D eigenvalue weighted by Gasteiger charge is 2.37. The number of ether oxygens (including phenoxy) is 1. The zero-order valence-corrected chi connectivity index (χ0v) is 12.1. The van der Waals surface area contributed by atoms with Crippen molar-refractivity contribution in [2.24, 2.45) is 0 Å². The number of carbonyl (C=O) groups excluding carboxylic acids is 1. The maximum Gasteiger partial charge on any atom is 0.315 e. The molecule has 0 spiro atoms. The lowest BCUT2D eigenvalue weighted by Gasteiger charge is -2.22. The second-order valence-corrected chi connectivity index (χ2v) is 5.73. The minimum absolute atomic E-state index is 0.0376. The largest absolute Gasteiger partial charge is 0.465 e. The van der Waals surface area contributed by atoms with Gasteiger partial charge in [0.1, 0.15) is 5.92 Å². The third kappa shape index (κ3) is 3.73. The molecule has 0 bridgehead atoms. The molecule has 0 unspecified atom stereocenters. The summed E-state index contributed by atoms with van der Waals surface area (Å²) in [6.07, 6.45) is 0. The third-order valence-electron chi connectivity index (χ3n) is 3.15. The molecule has 2 rings (SSSR count). The van der Waals surface area contributed by atoms with E-state index in [0.717, 1.165) is 11.3 Å².